The van der Waals surface area contributed by atoms with Gasteiger partial charge < -0.3 is 9.64 Å². The van der Waals surface area contributed by atoms with Crippen LogP contribution in [0.2, 0.25) is 0 Å². The van der Waals surface area contributed by atoms with Crippen LogP contribution in [-0.4, -0.2) is 36.7 Å². The van der Waals surface area contributed by atoms with Crippen molar-refractivity contribution in [1.29, 1.82) is 0 Å². The van der Waals surface area contributed by atoms with Crippen LogP contribution in [0.1, 0.15) is 6.92 Å². The SMILES string of the molecule is CCOC(=O)/C(=C/N(C)C)N=C=S. The lowest BCUT2D eigenvalue weighted by molar-refractivity contribution is -0.138. The van der Waals surface area contributed by atoms with Gasteiger partial charge in [0, 0.05) is 20.3 Å². The number of aliphatic imine (C=N–C) groups is 1. The van der Waals surface area contributed by atoms with Crippen LogP contribution in [-0.2, 0) is 9.53 Å². The van der Waals surface area contributed by atoms with Crippen molar-refractivity contribution in [1.82, 2.24) is 4.90 Å². The molecule has 0 N–H and O–H groups in total. The Hall–Kier alpha value is -1.19. The maximum absolute atomic E-state index is 11.2. The van der Waals surface area contributed by atoms with Crippen LogP contribution in [0.25, 0.3) is 0 Å². The normalized spacial score (nSPS) is 10.2. The fourth-order valence-electron chi connectivity index (χ4n) is 0.626. The minimum atomic E-state index is -0.492. The Bertz CT molecular complexity index is 255. The van der Waals surface area contributed by atoms with Crippen molar-refractivity contribution in [3.63, 3.8) is 0 Å². The zero-order valence-corrected chi connectivity index (χ0v) is 8.72. The molecule has 0 rings (SSSR count). The molecule has 72 valence electrons. The Balaban J connectivity index is 4.60. The van der Waals surface area contributed by atoms with Crippen molar-refractivity contribution in [3.8, 4) is 0 Å². The predicted octanol–water partition coefficient (Wildman–Crippen LogP) is 1.06. The summed E-state index contributed by atoms with van der Waals surface area (Å²) >= 11 is 4.40. The van der Waals surface area contributed by atoms with Crippen molar-refractivity contribution < 1.29 is 9.53 Å². The molecule has 0 aromatic heterocycles. The number of carbonyl (C=O) groups excluding carboxylic acids is 1. The van der Waals surface area contributed by atoms with Crippen LogP contribution in [0.4, 0.5) is 0 Å². The molecule has 0 amide bonds. The number of ether oxygens (including phenoxy) is 1. The van der Waals surface area contributed by atoms with Gasteiger partial charge >= 0.3 is 5.97 Å². The van der Waals surface area contributed by atoms with E-state index in [1.807, 2.05) is 0 Å². The molecule has 0 heterocycles. The van der Waals surface area contributed by atoms with Gasteiger partial charge in [-0.2, -0.15) is 4.99 Å². The Morgan fingerprint density at radius 1 is 1.69 bits per heavy atom. The first-order valence-electron chi connectivity index (χ1n) is 3.75. The zero-order valence-electron chi connectivity index (χ0n) is 7.90. The van der Waals surface area contributed by atoms with Gasteiger partial charge in [0.1, 0.15) is 0 Å². The first kappa shape index (κ1) is 11.8. The lowest BCUT2D eigenvalue weighted by atomic mass is 10.5. The largest absolute Gasteiger partial charge is 0.461 e. The predicted molar refractivity (Wildman–Crippen MR) is 53.4 cm³/mol. The van der Waals surface area contributed by atoms with Crippen LogP contribution in [0.15, 0.2) is 16.9 Å². The van der Waals surface area contributed by atoms with E-state index in [2.05, 4.69) is 22.4 Å². The van der Waals surface area contributed by atoms with E-state index in [4.69, 9.17) is 4.74 Å². The molecule has 0 radical (unpaired) electrons. The number of isothiocyanates is 1. The molecule has 0 aliphatic rings. The molecular weight excluding hydrogens is 188 g/mol. The third-order valence-corrected chi connectivity index (χ3v) is 1.12. The lowest BCUT2D eigenvalue weighted by Crippen LogP contribution is -2.10. The standard InChI is InChI=1S/C8H12N2O2S/c1-4-12-8(11)7(9-6-13)5-10(2)3/h5H,4H2,1-3H3/b7-5-. The third kappa shape index (κ3) is 5.11. The molecule has 0 unspecified atom stereocenters. The van der Waals surface area contributed by atoms with Gasteiger partial charge in [0.25, 0.3) is 0 Å². The van der Waals surface area contributed by atoms with Crippen LogP contribution < -0.4 is 0 Å². The molecule has 0 aliphatic heterocycles. The highest BCUT2D eigenvalue weighted by Gasteiger charge is 2.08. The number of hydrogen-bond donors (Lipinski definition) is 0. The zero-order chi connectivity index (χ0) is 10.3. The second-order valence-corrected chi connectivity index (χ2v) is 2.58. The van der Waals surface area contributed by atoms with Crippen molar-refractivity contribution >= 4 is 23.3 Å². The summed E-state index contributed by atoms with van der Waals surface area (Å²) in [6.45, 7) is 2.04. The summed E-state index contributed by atoms with van der Waals surface area (Å²) in [6.07, 6.45) is 1.53. The van der Waals surface area contributed by atoms with E-state index in [9.17, 15) is 4.79 Å². The highest BCUT2D eigenvalue weighted by atomic mass is 32.1. The highest BCUT2D eigenvalue weighted by Crippen LogP contribution is 2.00. The smallest absolute Gasteiger partial charge is 0.359 e. The molecule has 0 saturated carbocycles. The molecule has 13 heavy (non-hydrogen) atoms. The molecule has 0 aliphatic carbocycles. The maximum atomic E-state index is 11.2. The van der Waals surface area contributed by atoms with Gasteiger partial charge in [-0.1, -0.05) is 0 Å². The first-order valence-corrected chi connectivity index (χ1v) is 4.15. The number of rotatable bonds is 4. The first-order chi connectivity index (χ1) is 6.11. The van der Waals surface area contributed by atoms with Crippen LogP contribution >= 0.6 is 12.2 Å². The Kier molecular flexibility index (Phi) is 5.76. The molecule has 5 heteroatoms. The van der Waals surface area contributed by atoms with E-state index in [0.717, 1.165) is 0 Å². The molecule has 4 nitrogen and oxygen atoms in total. The van der Waals surface area contributed by atoms with Gasteiger partial charge in [-0.05, 0) is 19.1 Å². The summed E-state index contributed by atoms with van der Waals surface area (Å²) in [6, 6.07) is 0. The number of esters is 1. The van der Waals surface area contributed by atoms with Gasteiger partial charge in [0.2, 0.25) is 0 Å². The van der Waals surface area contributed by atoms with E-state index < -0.39 is 5.97 Å². The summed E-state index contributed by atoms with van der Waals surface area (Å²) in [4.78, 5) is 16.4. The fourth-order valence-corrected chi connectivity index (χ4v) is 0.724. The van der Waals surface area contributed by atoms with E-state index in [1.165, 1.54) is 6.20 Å². The molecule has 0 atom stereocenters. The fraction of sp³-hybridized carbons (Fsp3) is 0.500. The number of thiocarbonyl (C=S) groups is 1. The summed E-state index contributed by atoms with van der Waals surface area (Å²) in [7, 11) is 3.55. The van der Waals surface area contributed by atoms with Gasteiger partial charge in [-0.25, -0.2) is 4.79 Å². The maximum Gasteiger partial charge on any atom is 0.359 e. The van der Waals surface area contributed by atoms with E-state index >= 15 is 0 Å². The van der Waals surface area contributed by atoms with Crippen molar-refractivity contribution in [2.45, 2.75) is 6.92 Å². The Morgan fingerprint density at radius 3 is 2.69 bits per heavy atom. The van der Waals surface area contributed by atoms with Gasteiger partial charge in [-0.15, -0.1) is 0 Å². The van der Waals surface area contributed by atoms with Crippen molar-refractivity contribution in [2.24, 2.45) is 4.99 Å². The molecule has 0 fully saturated rings. The van der Waals surface area contributed by atoms with Gasteiger partial charge in [0.05, 0.1) is 11.8 Å². The molecule has 0 spiro atoms. The molecule has 0 aromatic rings. The topological polar surface area (TPSA) is 41.9 Å². The Labute approximate surface area is 82.9 Å². The van der Waals surface area contributed by atoms with Gasteiger partial charge in [-0.3, -0.25) is 0 Å². The highest BCUT2D eigenvalue weighted by molar-refractivity contribution is 7.78. The Morgan fingerprint density at radius 2 is 2.31 bits per heavy atom. The average molecular weight is 200 g/mol. The summed E-state index contributed by atoms with van der Waals surface area (Å²) < 4.78 is 4.74. The number of hydrogen-bond acceptors (Lipinski definition) is 5. The number of nitrogens with zero attached hydrogens (tertiary/aromatic N) is 2. The van der Waals surface area contributed by atoms with E-state index in [1.54, 1.807) is 25.9 Å². The second kappa shape index (κ2) is 6.34. The quantitative estimate of drug-likeness (QED) is 0.294. The summed E-state index contributed by atoms with van der Waals surface area (Å²) in [5.74, 6) is -0.492. The van der Waals surface area contributed by atoms with Crippen LogP contribution in [0.3, 0.4) is 0 Å². The third-order valence-electron chi connectivity index (χ3n) is 1.03. The molecule has 0 bridgehead atoms. The average Bonchev–Trinajstić information content (AvgIpc) is 2.03. The monoisotopic (exact) mass is 200 g/mol. The summed E-state index contributed by atoms with van der Waals surface area (Å²) in [5.41, 5.74) is 0.154. The second-order valence-electron chi connectivity index (χ2n) is 2.40. The van der Waals surface area contributed by atoms with Crippen molar-refractivity contribution in [3.05, 3.63) is 11.9 Å². The van der Waals surface area contributed by atoms with E-state index in [0.29, 0.717) is 6.61 Å². The minimum absolute atomic E-state index is 0.154. The van der Waals surface area contributed by atoms with Gasteiger partial charge in [0.15, 0.2) is 5.70 Å². The number of carbonyl (C=O) groups is 1. The molecular formula is C8H12N2O2S. The van der Waals surface area contributed by atoms with E-state index in [-0.39, 0.29) is 5.70 Å². The minimum Gasteiger partial charge on any atom is -0.461 e. The van der Waals surface area contributed by atoms with Crippen LogP contribution in [0.5, 0.6) is 0 Å². The molecule has 0 aromatic carbocycles. The summed E-state index contributed by atoms with van der Waals surface area (Å²) in [5, 5.41) is 2.13. The molecule has 0 saturated heterocycles. The van der Waals surface area contributed by atoms with Crippen LogP contribution in [0, 0.1) is 0 Å². The van der Waals surface area contributed by atoms with Crippen molar-refractivity contribution in [2.75, 3.05) is 20.7 Å². The lowest BCUT2D eigenvalue weighted by Gasteiger charge is -2.06.